The predicted octanol–water partition coefficient (Wildman–Crippen LogP) is 1.51. The van der Waals surface area contributed by atoms with Gasteiger partial charge in [-0.3, -0.25) is 52.7 Å². The summed E-state index contributed by atoms with van der Waals surface area (Å²) in [6, 6.07) is -11.1. The molecule has 0 saturated carbocycles. The van der Waals surface area contributed by atoms with Crippen LogP contribution in [0, 0.1) is 35.5 Å². The van der Waals surface area contributed by atoms with E-state index in [2.05, 4.69) is 26.6 Å². The normalized spacial score (nSPS) is 26.7. The molecule has 1 aliphatic rings. The van der Waals surface area contributed by atoms with Crippen molar-refractivity contribution in [2.24, 2.45) is 35.5 Å². The SMILES string of the molecule is C/C=C/C[C@@H](C)[C@@H](O)[C@H]1C(=O)N[C@@H](CC)C(=O)NCC(=O)N(C)CC(=O)N[C@@H](C(C)C)C(=O)N(C)[C@@H](C)C(=O)NC(CC(C)C)C(=O)N[C@H](C)C(=O)N(C)[C@@H](CC(C)C)C(=O)N(C)[C@H](CC(C)C)C(=O)N(C)[C@@H](C(C)C)C(=O)N1C. The zero-order chi connectivity index (χ0) is 62.0. The number of hydrogen-bond donors (Lipinski definition) is 6. The highest BCUT2D eigenvalue weighted by atomic mass is 16.3. The summed E-state index contributed by atoms with van der Waals surface area (Å²) in [5, 5.41) is 25.2. The van der Waals surface area contributed by atoms with Gasteiger partial charge in [0.05, 0.1) is 19.2 Å². The molecule has 0 aromatic carbocycles. The minimum Gasteiger partial charge on any atom is -0.390 e. The van der Waals surface area contributed by atoms with E-state index in [0.717, 1.165) is 14.7 Å². The lowest BCUT2D eigenvalue weighted by Gasteiger charge is -2.41. The summed E-state index contributed by atoms with van der Waals surface area (Å²) >= 11 is 0. The van der Waals surface area contributed by atoms with E-state index in [1.54, 1.807) is 60.6 Å². The highest BCUT2D eigenvalue weighted by Crippen LogP contribution is 2.25. The number of carbonyl (C=O) groups excluding carboxylic acids is 11. The van der Waals surface area contributed by atoms with Gasteiger partial charge in [-0.05, 0) is 88.4 Å². The van der Waals surface area contributed by atoms with Crippen LogP contribution in [0.1, 0.15) is 136 Å². The molecular formula is C57H101N11O12. The number of amides is 11. The molecule has 0 aromatic rings. The molecule has 23 heteroatoms. The van der Waals surface area contributed by atoms with Crippen LogP contribution in [0.2, 0.25) is 0 Å². The topological polar surface area (TPSA) is 288 Å². The number of carbonyl (C=O) groups is 11. The lowest BCUT2D eigenvalue weighted by atomic mass is 9.91. The highest BCUT2D eigenvalue weighted by molar-refractivity contribution is 5.99. The van der Waals surface area contributed by atoms with Gasteiger partial charge in [0.25, 0.3) is 0 Å². The number of aliphatic hydroxyl groups is 1. The third kappa shape index (κ3) is 20.4. The van der Waals surface area contributed by atoms with Crippen LogP contribution < -0.4 is 26.6 Å². The van der Waals surface area contributed by atoms with Crippen molar-refractivity contribution < 1.29 is 57.8 Å². The number of aliphatic hydroxyl groups excluding tert-OH is 1. The predicted molar refractivity (Wildman–Crippen MR) is 305 cm³/mol. The Morgan fingerprint density at radius 3 is 1.50 bits per heavy atom. The molecule has 0 radical (unpaired) electrons. The van der Waals surface area contributed by atoms with Crippen LogP contribution in [0.3, 0.4) is 0 Å². The molecule has 80 heavy (non-hydrogen) atoms. The minimum absolute atomic E-state index is 0.0157. The molecule has 1 fully saturated rings. The number of nitrogens with zero attached hydrogens (tertiary/aromatic N) is 6. The second-order valence-corrected chi connectivity index (χ2v) is 23.8. The molecule has 0 aliphatic carbocycles. The summed E-state index contributed by atoms with van der Waals surface area (Å²) in [5.41, 5.74) is 0. The largest absolute Gasteiger partial charge is 0.390 e. The Morgan fingerprint density at radius 1 is 0.537 bits per heavy atom. The second kappa shape index (κ2) is 33.0. The molecular weight excluding hydrogens is 1030 g/mol. The van der Waals surface area contributed by atoms with Crippen LogP contribution in [0.15, 0.2) is 12.2 Å². The van der Waals surface area contributed by atoms with E-state index in [4.69, 9.17) is 0 Å². The number of allylic oxidation sites excluding steroid dienone is 2. The van der Waals surface area contributed by atoms with Crippen molar-refractivity contribution in [3.8, 4) is 0 Å². The summed E-state index contributed by atoms with van der Waals surface area (Å²) in [5.74, 6) is -9.78. The maximum absolute atomic E-state index is 15.0. The van der Waals surface area contributed by atoms with Crippen molar-refractivity contribution in [3.63, 3.8) is 0 Å². The van der Waals surface area contributed by atoms with Crippen molar-refractivity contribution >= 4 is 65.0 Å². The van der Waals surface area contributed by atoms with Gasteiger partial charge in [-0.1, -0.05) is 95.2 Å². The fourth-order valence-electron chi connectivity index (χ4n) is 9.59. The zero-order valence-corrected chi connectivity index (χ0v) is 52.0. The number of likely N-dealkylation sites (N-methyl/N-ethyl adjacent to an activating group) is 6. The van der Waals surface area contributed by atoms with Gasteiger partial charge in [-0.15, -0.1) is 0 Å². The molecule has 456 valence electrons. The third-order valence-electron chi connectivity index (χ3n) is 14.8. The Morgan fingerprint density at radius 2 is 1.02 bits per heavy atom. The average Bonchev–Trinajstić information content (AvgIpc) is 3.37. The smallest absolute Gasteiger partial charge is 0.246 e. The average molecular weight is 1130 g/mol. The van der Waals surface area contributed by atoms with E-state index in [1.807, 2.05) is 41.5 Å². The van der Waals surface area contributed by atoms with E-state index in [1.165, 1.54) is 70.8 Å². The molecule has 0 bridgehead atoms. The molecule has 1 aliphatic heterocycles. The van der Waals surface area contributed by atoms with E-state index in [0.29, 0.717) is 6.42 Å². The Labute approximate surface area is 476 Å². The van der Waals surface area contributed by atoms with Crippen LogP contribution in [0.25, 0.3) is 0 Å². The molecule has 0 spiro atoms. The summed E-state index contributed by atoms with van der Waals surface area (Å²) in [6.45, 7) is 24.8. The highest BCUT2D eigenvalue weighted by Gasteiger charge is 2.45. The van der Waals surface area contributed by atoms with Crippen LogP contribution in [-0.4, -0.2) is 215 Å². The molecule has 1 rings (SSSR count). The maximum Gasteiger partial charge on any atom is 0.246 e. The third-order valence-corrected chi connectivity index (χ3v) is 14.8. The summed E-state index contributed by atoms with van der Waals surface area (Å²) < 4.78 is 0. The Bertz CT molecular complexity index is 2190. The van der Waals surface area contributed by atoms with Crippen molar-refractivity contribution in [3.05, 3.63) is 12.2 Å². The lowest BCUT2D eigenvalue weighted by molar-refractivity contribution is -0.157. The molecule has 11 amide bonds. The monoisotopic (exact) mass is 1130 g/mol. The fraction of sp³-hybridized carbons (Fsp3) is 0.772. The molecule has 0 aromatic heterocycles. The van der Waals surface area contributed by atoms with E-state index in [9.17, 15) is 53.1 Å². The fourth-order valence-corrected chi connectivity index (χ4v) is 9.59. The Balaban J connectivity index is 4.15. The lowest BCUT2D eigenvalue weighted by Crippen LogP contribution is -2.63. The maximum atomic E-state index is 15.0. The van der Waals surface area contributed by atoms with E-state index < -0.39 is 156 Å². The summed E-state index contributed by atoms with van der Waals surface area (Å²) in [4.78, 5) is 163. The molecule has 6 N–H and O–H groups in total. The molecule has 1 saturated heterocycles. The van der Waals surface area contributed by atoms with Crippen LogP contribution in [-0.2, 0) is 52.7 Å². The summed E-state index contributed by atoms with van der Waals surface area (Å²) in [7, 11) is 8.36. The van der Waals surface area contributed by atoms with Gasteiger partial charge < -0.3 is 61.1 Å². The van der Waals surface area contributed by atoms with E-state index >= 15 is 4.79 Å². The van der Waals surface area contributed by atoms with Crippen molar-refractivity contribution in [1.82, 2.24) is 56.0 Å². The van der Waals surface area contributed by atoms with Gasteiger partial charge in [0, 0.05) is 42.3 Å². The van der Waals surface area contributed by atoms with Crippen LogP contribution in [0.5, 0.6) is 0 Å². The molecule has 23 nitrogen and oxygen atoms in total. The number of rotatable bonds is 13. The quantitative estimate of drug-likeness (QED) is 0.143. The zero-order valence-electron chi connectivity index (χ0n) is 52.0. The van der Waals surface area contributed by atoms with Gasteiger partial charge in [-0.25, -0.2) is 0 Å². The van der Waals surface area contributed by atoms with Gasteiger partial charge >= 0.3 is 0 Å². The van der Waals surface area contributed by atoms with Crippen LogP contribution in [0.4, 0.5) is 0 Å². The second-order valence-electron chi connectivity index (χ2n) is 23.8. The first-order chi connectivity index (χ1) is 37.0. The molecule has 1 unspecified atom stereocenters. The minimum atomic E-state index is -1.60. The molecule has 11 atom stereocenters. The Kier molecular flexibility index (Phi) is 29.6. The van der Waals surface area contributed by atoms with Gasteiger partial charge in [0.1, 0.15) is 54.4 Å². The van der Waals surface area contributed by atoms with E-state index in [-0.39, 0.29) is 43.4 Å². The van der Waals surface area contributed by atoms with Crippen molar-refractivity contribution in [2.45, 2.75) is 196 Å². The van der Waals surface area contributed by atoms with Gasteiger partial charge in [-0.2, -0.15) is 0 Å². The van der Waals surface area contributed by atoms with Gasteiger partial charge in [0.15, 0.2) is 0 Å². The first kappa shape index (κ1) is 71.9. The Hall–Kier alpha value is -6.13. The standard InChI is InChI=1S/C57H101N11O12/c1-22-24-25-36(13)48(71)47-52(75)60-39(23-2)50(73)58-29-44(70)63(16)30-43(69)62-45(34(9)10)56(79)64(17)38(15)49(72)61-40(26-31(3)4)51(74)59-37(14)53(76)65(18)41(27-32(5)6)54(77)66(19)42(28-33(7)8)55(78)67(20)46(35(11)12)57(80)68(47)21/h22,24,31-42,45-48,71H,23,25-30H2,1-21H3,(H,58,73)(H,59,74)(H,60,75)(H,61,72)(H,62,69)/b24-22+/t36-,37-,38+,39+,40?,41+,42-,45+,46+,47+,48-/m1/s1. The first-order valence-corrected chi connectivity index (χ1v) is 28.3. The summed E-state index contributed by atoms with van der Waals surface area (Å²) in [6.07, 6.45) is 2.85. The van der Waals surface area contributed by atoms with Crippen molar-refractivity contribution in [2.75, 3.05) is 55.4 Å². The first-order valence-electron chi connectivity index (χ1n) is 28.3. The van der Waals surface area contributed by atoms with Crippen LogP contribution >= 0.6 is 0 Å². The molecule has 1 heterocycles. The number of hydrogen-bond acceptors (Lipinski definition) is 12. The van der Waals surface area contributed by atoms with Crippen molar-refractivity contribution in [1.29, 1.82) is 0 Å². The number of nitrogens with one attached hydrogen (secondary N) is 5. The van der Waals surface area contributed by atoms with Gasteiger partial charge in [0.2, 0.25) is 65.0 Å².